The molecule has 0 saturated carbocycles. The maximum Gasteiger partial charge on any atom is 0.323 e. The van der Waals surface area contributed by atoms with Crippen LogP contribution >= 0.6 is 0 Å². The Hall–Kier alpha value is -0.660. The molecule has 96 valence electrons. The highest BCUT2D eigenvalue weighted by Crippen LogP contribution is 2.08. The van der Waals surface area contributed by atoms with Gasteiger partial charge >= 0.3 is 5.97 Å². The summed E-state index contributed by atoms with van der Waals surface area (Å²) < 4.78 is 24.3. The minimum Gasteiger partial charge on any atom is -0.480 e. The number of hydrogen-bond donors (Lipinski definition) is 2. The lowest BCUT2D eigenvalue weighted by Gasteiger charge is -2.19. The molecule has 16 heavy (non-hydrogen) atoms. The molecule has 0 rings (SSSR count). The maximum absolute atomic E-state index is 11.6. The van der Waals surface area contributed by atoms with E-state index in [1.54, 1.807) is 0 Å². The molecule has 0 fully saturated rings. The van der Waals surface area contributed by atoms with Gasteiger partial charge in [-0.25, -0.2) is 12.7 Å². The average Bonchev–Trinajstić information content (AvgIpc) is 2.22. The number of carbonyl (C=O) groups is 1. The molecule has 2 N–H and O–H groups in total. The zero-order chi connectivity index (χ0) is 12.8. The standard InChI is InChI=1S/C9H19NO5S/c1-8(9(12)13)16(14,15)10(2)6-4-3-5-7-11/h8,11H,3-7H2,1-2H3,(H,12,13). The van der Waals surface area contributed by atoms with Gasteiger partial charge in [-0.1, -0.05) is 0 Å². The van der Waals surface area contributed by atoms with E-state index in [0.717, 1.165) is 17.6 Å². The van der Waals surface area contributed by atoms with Crippen LogP contribution < -0.4 is 0 Å². The van der Waals surface area contributed by atoms with Crippen molar-refractivity contribution in [3.8, 4) is 0 Å². The summed E-state index contributed by atoms with van der Waals surface area (Å²) in [5, 5.41) is 15.8. The molecule has 0 aliphatic heterocycles. The molecule has 0 aliphatic rings. The van der Waals surface area contributed by atoms with Crippen LogP contribution in [-0.2, 0) is 14.8 Å². The van der Waals surface area contributed by atoms with E-state index in [-0.39, 0.29) is 13.2 Å². The third-order valence-electron chi connectivity index (χ3n) is 2.36. The van der Waals surface area contributed by atoms with E-state index in [9.17, 15) is 13.2 Å². The van der Waals surface area contributed by atoms with Gasteiger partial charge in [-0.15, -0.1) is 0 Å². The fourth-order valence-electron chi connectivity index (χ4n) is 1.15. The van der Waals surface area contributed by atoms with Crippen LogP contribution in [0.15, 0.2) is 0 Å². The van der Waals surface area contributed by atoms with Crippen LogP contribution in [0, 0.1) is 0 Å². The van der Waals surface area contributed by atoms with Gasteiger partial charge in [-0.2, -0.15) is 0 Å². The van der Waals surface area contributed by atoms with E-state index in [2.05, 4.69) is 0 Å². The second-order valence-corrected chi connectivity index (χ2v) is 5.99. The van der Waals surface area contributed by atoms with E-state index in [1.807, 2.05) is 0 Å². The SMILES string of the molecule is CC(C(=O)O)S(=O)(=O)N(C)CCCCCO. The molecule has 1 unspecified atom stereocenters. The zero-order valence-corrected chi connectivity index (χ0v) is 10.4. The number of nitrogens with zero attached hydrogens (tertiary/aromatic N) is 1. The van der Waals surface area contributed by atoms with Crippen LogP contribution in [0.4, 0.5) is 0 Å². The number of aliphatic hydroxyl groups is 1. The van der Waals surface area contributed by atoms with Crippen molar-refractivity contribution >= 4 is 16.0 Å². The van der Waals surface area contributed by atoms with Gasteiger partial charge < -0.3 is 10.2 Å². The van der Waals surface area contributed by atoms with Gasteiger partial charge in [0.15, 0.2) is 5.25 Å². The first-order chi connectivity index (χ1) is 7.34. The van der Waals surface area contributed by atoms with Gasteiger partial charge in [-0.05, 0) is 26.2 Å². The number of sulfonamides is 1. The quantitative estimate of drug-likeness (QED) is 0.588. The predicted octanol–water partition coefficient (Wildman–Crippen LogP) is -0.116. The first-order valence-corrected chi connectivity index (χ1v) is 6.63. The predicted molar refractivity (Wildman–Crippen MR) is 59.6 cm³/mol. The molecular weight excluding hydrogens is 234 g/mol. The summed E-state index contributed by atoms with van der Waals surface area (Å²) in [7, 11) is -2.39. The molecule has 0 radical (unpaired) electrons. The molecule has 0 amide bonds. The summed E-state index contributed by atoms with van der Waals surface area (Å²) in [6, 6.07) is 0. The van der Waals surface area contributed by atoms with E-state index < -0.39 is 21.2 Å². The number of hydrogen-bond acceptors (Lipinski definition) is 4. The lowest BCUT2D eigenvalue weighted by molar-refractivity contribution is -0.136. The summed E-state index contributed by atoms with van der Waals surface area (Å²) in [4.78, 5) is 10.6. The number of carboxylic acids is 1. The molecule has 1 atom stereocenters. The Bertz CT molecular complexity index is 314. The minimum absolute atomic E-state index is 0.0853. The molecule has 0 heterocycles. The van der Waals surface area contributed by atoms with Crippen molar-refractivity contribution in [3.63, 3.8) is 0 Å². The molecule has 0 aliphatic carbocycles. The van der Waals surface area contributed by atoms with Crippen molar-refractivity contribution in [3.05, 3.63) is 0 Å². The normalized spacial score (nSPS) is 14.0. The Morgan fingerprint density at radius 2 is 1.88 bits per heavy atom. The van der Waals surface area contributed by atoms with E-state index >= 15 is 0 Å². The third-order valence-corrected chi connectivity index (χ3v) is 4.51. The third kappa shape index (κ3) is 4.46. The number of carboxylic acid groups (broad SMARTS) is 1. The summed E-state index contributed by atoms with van der Waals surface area (Å²) >= 11 is 0. The Morgan fingerprint density at radius 1 is 1.31 bits per heavy atom. The lowest BCUT2D eigenvalue weighted by Crippen LogP contribution is -2.39. The summed E-state index contributed by atoms with van der Waals surface area (Å²) in [5.74, 6) is -1.35. The number of aliphatic carboxylic acids is 1. The van der Waals surface area contributed by atoms with Crippen LogP contribution in [0.1, 0.15) is 26.2 Å². The van der Waals surface area contributed by atoms with Crippen molar-refractivity contribution in [1.29, 1.82) is 0 Å². The van der Waals surface area contributed by atoms with Gasteiger partial charge in [0.05, 0.1) is 0 Å². The zero-order valence-electron chi connectivity index (χ0n) is 9.59. The van der Waals surface area contributed by atoms with Gasteiger partial charge in [0.2, 0.25) is 10.0 Å². The highest BCUT2D eigenvalue weighted by Gasteiger charge is 2.31. The number of aliphatic hydroxyl groups excluding tert-OH is 1. The van der Waals surface area contributed by atoms with Crippen molar-refractivity contribution in [1.82, 2.24) is 4.31 Å². The molecular formula is C9H19NO5S. The largest absolute Gasteiger partial charge is 0.480 e. The molecule has 7 heteroatoms. The first kappa shape index (κ1) is 15.3. The van der Waals surface area contributed by atoms with Crippen LogP contribution in [0.5, 0.6) is 0 Å². The number of rotatable bonds is 8. The highest BCUT2D eigenvalue weighted by atomic mass is 32.2. The van der Waals surface area contributed by atoms with E-state index in [4.69, 9.17) is 10.2 Å². The topological polar surface area (TPSA) is 94.9 Å². The van der Waals surface area contributed by atoms with Crippen LogP contribution in [-0.4, -0.2) is 54.4 Å². The van der Waals surface area contributed by atoms with Crippen LogP contribution in [0.25, 0.3) is 0 Å². The Labute approximate surface area is 95.9 Å². The molecule has 0 spiro atoms. The van der Waals surface area contributed by atoms with E-state index in [1.165, 1.54) is 7.05 Å². The Kier molecular flexibility index (Phi) is 6.54. The molecule has 0 aromatic carbocycles. The van der Waals surface area contributed by atoms with Gasteiger partial charge in [0.1, 0.15) is 0 Å². The monoisotopic (exact) mass is 253 g/mol. The van der Waals surface area contributed by atoms with Crippen molar-refractivity contribution < 1.29 is 23.4 Å². The molecule has 6 nitrogen and oxygen atoms in total. The molecule has 0 aromatic rings. The Balaban J connectivity index is 4.25. The van der Waals surface area contributed by atoms with Crippen LogP contribution in [0.2, 0.25) is 0 Å². The molecule has 0 aromatic heterocycles. The smallest absolute Gasteiger partial charge is 0.323 e. The number of unbranched alkanes of at least 4 members (excludes halogenated alkanes) is 2. The summed E-state index contributed by atoms with van der Waals surface area (Å²) in [6.45, 7) is 1.52. The highest BCUT2D eigenvalue weighted by molar-refractivity contribution is 7.90. The average molecular weight is 253 g/mol. The van der Waals surface area contributed by atoms with Crippen molar-refractivity contribution in [2.75, 3.05) is 20.2 Å². The van der Waals surface area contributed by atoms with Gasteiger partial charge in [0, 0.05) is 20.2 Å². The van der Waals surface area contributed by atoms with Gasteiger partial charge in [0.25, 0.3) is 0 Å². The maximum atomic E-state index is 11.6. The molecule has 0 saturated heterocycles. The summed E-state index contributed by atoms with van der Waals surface area (Å²) in [5.41, 5.74) is 0. The van der Waals surface area contributed by atoms with Crippen molar-refractivity contribution in [2.24, 2.45) is 0 Å². The first-order valence-electron chi connectivity index (χ1n) is 5.13. The fourth-order valence-corrected chi connectivity index (χ4v) is 2.33. The van der Waals surface area contributed by atoms with Crippen molar-refractivity contribution in [2.45, 2.75) is 31.4 Å². The van der Waals surface area contributed by atoms with Crippen LogP contribution in [0.3, 0.4) is 0 Å². The second kappa shape index (κ2) is 6.82. The summed E-state index contributed by atoms with van der Waals surface area (Å²) in [6.07, 6.45) is 1.96. The van der Waals surface area contributed by atoms with E-state index in [0.29, 0.717) is 12.8 Å². The fraction of sp³-hybridized carbons (Fsp3) is 0.889. The minimum atomic E-state index is -3.75. The Morgan fingerprint density at radius 3 is 2.31 bits per heavy atom. The van der Waals surface area contributed by atoms with Gasteiger partial charge in [-0.3, -0.25) is 4.79 Å². The second-order valence-electron chi connectivity index (χ2n) is 3.63. The lowest BCUT2D eigenvalue weighted by atomic mass is 10.2. The molecule has 0 bridgehead atoms.